The standard InChI is InChI=1S/C23H20N2O3S2/c1-2-30(27,28)17-13-11-16(12-14-17)15-22(26)24-19-8-4-3-7-18(19)23-25-20-9-5-6-10-21(20)29-23/h3-14H,2,15H2,1H3,(H,24,26). The van der Waals surface area contributed by atoms with Crippen molar-refractivity contribution in [1.82, 2.24) is 4.98 Å². The lowest BCUT2D eigenvalue weighted by molar-refractivity contribution is -0.115. The summed E-state index contributed by atoms with van der Waals surface area (Å²) in [6.07, 6.45) is 0.153. The van der Waals surface area contributed by atoms with E-state index in [0.29, 0.717) is 5.69 Å². The highest BCUT2D eigenvalue weighted by atomic mass is 32.2. The summed E-state index contributed by atoms with van der Waals surface area (Å²) in [6, 6.07) is 22.0. The van der Waals surface area contributed by atoms with E-state index in [9.17, 15) is 13.2 Å². The molecule has 30 heavy (non-hydrogen) atoms. The Labute approximate surface area is 179 Å². The number of nitrogens with zero attached hydrogens (tertiary/aromatic N) is 1. The average Bonchev–Trinajstić information content (AvgIpc) is 3.18. The number of hydrogen-bond donors (Lipinski definition) is 1. The fraction of sp³-hybridized carbons (Fsp3) is 0.130. The Morgan fingerprint density at radius 2 is 1.67 bits per heavy atom. The van der Waals surface area contributed by atoms with Crippen LogP contribution in [0.3, 0.4) is 0 Å². The second-order valence-corrected chi connectivity index (χ2v) is 10.1. The van der Waals surface area contributed by atoms with Gasteiger partial charge in [0.1, 0.15) is 5.01 Å². The van der Waals surface area contributed by atoms with Crippen molar-refractivity contribution in [2.75, 3.05) is 11.1 Å². The highest BCUT2D eigenvalue weighted by molar-refractivity contribution is 7.91. The van der Waals surface area contributed by atoms with E-state index < -0.39 is 9.84 Å². The first-order valence-corrected chi connectivity index (χ1v) is 12.0. The summed E-state index contributed by atoms with van der Waals surface area (Å²) in [7, 11) is -3.25. The first-order valence-electron chi connectivity index (χ1n) is 9.53. The van der Waals surface area contributed by atoms with Gasteiger partial charge in [0.05, 0.1) is 33.0 Å². The molecule has 0 radical (unpaired) electrons. The van der Waals surface area contributed by atoms with E-state index in [4.69, 9.17) is 0 Å². The van der Waals surface area contributed by atoms with Crippen LogP contribution in [0.1, 0.15) is 12.5 Å². The lowest BCUT2D eigenvalue weighted by Crippen LogP contribution is -2.15. The van der Waals surface area contributed by atoms with Crippen LogP contribution in [-0.4, -0.2) is 25.1 Å². The van der Waals surface area contributed by atoms with Gasteiger partial charge in [0, 0.05) is 5.56 Å². The topological polar surface area (TPSA) is 76.1 Å². The second-order valence-electron chi connectivity index (χ2n) is 6.80. The maximum Gasteiger partial charge on any atom is 0.228 e. The van der Waals surface area contributed by atoms with Crippen LogP contribution in [0.2, 0.25) is 0 Å². The number of rotatable bonds is 6. The molecule has 0 unspecified atom stereocenters. The molecule has 0 saturated heterocycles. The van der Waals surface area contributed by atoms with Crippen LogP contribution in [-0.2, 0) is 21.1 Å². The zero-order valence-electron chi connectivity index (χ0n) is 16.3. The van der Waals surface area contributed by atoms with Crippen molar-refractivity contribution in [3.63, 3.8) is 0 Å². The average molecular weight is 437 g/mol. The van der Waals surface area contributed by atoms with Crippen LogP contribution in [0, 0.1) is 0 Å². The third-order valence-corrected chi connectivity index (χ3v) is 7.57. The van der Waals surface area contributed by atoms with Crippen LogP contribution in [0.4, 0.5) is 5.69 Å². The first kappa shape index (κ1) is 20.3. The molecular formula is C23H20N2O3S2. The predicted molar refractivity (Wildman–Crippen MR) is 122 cm³/mol. The first-order chi connectivity index (χ1) is 14.5. The molecule has 0 bridgehead atoms. The number of carbonyl (C=O) groups excluding carboxylic acids is 1. The molecule has 5 nitrogen and oxygen atoms in total. The van der Waals surface area contributed by atoms with Crippen molar-refractivity contribution in [2.45, 2.75) is 18.2 Å². The van der Waals surface area contributed by atoms with Crippen molar-refractivity contribution in [2.24, 2.45) is 0 Å². The Morgan fingerprint density at radius 3 is 2.40 bits per heavy atom. The number of benzene rings is 3. The lowest BCUT2D eigenvalue weighted by atomic mass is 10.1. The monoisotopic (exact) mass is 436 g/mol. The number of thiazole rings is 1. The molecule has 0 saturated carbocycles. The molecule has 4 aromatic rings. The third-order valence-electron chi connectivity index (χ3n) is 4.75. The smallest absolute Gasteiger partial charge is 0.228 e. The molecule has 0 aliphatic carbocycles. The molecule has 152 valence electrons. The molecule has 1 heterocycles. The fourth-order valence-corrected chi connectivity index (χ4v) is 5.02. The SMILES string of the molecule is CCS(=O)(=O)c1ccc(CC(=O)Nc2ccccc2-c2nc3ccccc3s2)cc1. The minimum atomic E-state index is -3.25. The van der Waals surface area contributed by atoms with Crippen LogP contribution in [0.5, 0.6) is 0 Å². The number of anilines is 1. The Kier molecular flexibility index (Phi) is 5.65. The molecule has 1 aromatic heterocycles. The zero-order valence-corrected chi connectivity index (χ0v) is 18.0. The van der Waals surface area contributed by atoms with Crippen LogP contribution in [0.25, 0.3) is 20.8 Å². The molecule has 1 N–H and O–H groups in total. The van der Waals surface area contributed by atoms with Gasteiger partial charge in [-0.25, -0.2) is 13.4 Å². The van der Waals surface area contributed by atoms with E-state index in [1.807, 2.05) is 48.5 Å². The summed E-state index contributed by atoms with van der Waals surface area (Å²) in [4.78, 5) is 17.6. The number of hydrogen-bond acceptors (Lipinski definition) is 5. The molecular weight excluding hydrogens is 416 g/mol. The molecule has 0 spiro atoms. The molecule has 0 atom stereocenters. The number of fused-ring (bicyclic) bond motifs is 1. The minimum absolute atomic E-state index is 0.0510. The van der Waals surface area contributed by atoms with Crippen molar-refractivity contribution >= 4 is 43.0 Å². The normalized spacial score (nSPS) is 11.5. The number of carbonyl (C=O) groups is 1. The quantitative estimate of drug-likeness (QED) is 0.465. The van der Waals surface area contributed by atoms with Gasteiger partial charge in [0.25, 0.3) is 0 Å². The summed E-state index contributed by atoms with van der Waals surface area (Å²) in [5.74, 6) is -0.121. The van der Waals surface area contributed by atoms with Gasteiger partial charge in [-0.2, -0.15) is 0 Å². The van der Waals surface area contributed by atoms with Gasteiger partial charge in [0.15, 0.2) is 9.84 Å². The fourth-order valence-electron chi connectivity index (χ4n) is 3.13. The number of nitrogens with one attached hydrogen (secondary N) is 1. The van der Waals surface area contributed by atoms with E-state index in [1.54, 1.807) is 42.5 Å². The van der Waals surface area contributed by atoms with Crippen LogP contribution in [0.15, 0.2) is 77.7 Å². The lowest BCUT2D eigenvalue weighted by Gasteiger charge is -2.10. The van der Waals surface area contributed by atoms with Crippen molar-refractivity contribution in [3.8, 4) is 10.6 Å². The summed E-state index contributed by atoms with van der Waals surface area (Å²) in [6.45, 7) is 1.61. The van der Waals surface area contributed by atoms with Gasteiger partial charge in [-0.3, -0.25) is 4.79 Å². The number of amides is 1. The van der Waals surface area contributed by atoms with Gasteiger partial charge in [0.2, 0.25) is 5.91 Å². The summed E-state index contributed by atoms with van der Waals surface area (Å²) in [5, 5.41) is 3.82. The van der Waals surface area contributed by atoms with E-state index in [2.05, 4.69) is 10.3 Å². The predicted octanol–water partition coefficient (Wildman–Crippen LogP) is 4.94. The molecule has 3 aromatic carbocycles. The van der Waals surface area contributed by atoms with Gasteiger partial charge in [-0.1, -0.05) is 43.3 Å². The Morgan fingerprint density at radius 1 is 0.967 bits per heavy atom. The van der Waals surface area contributed by atoms with E-state index in [1.165, 1.54) is 0 Å². The molecule has 7 heteroatoms. The molecule has 0 fully saturated rings. The Hall–Kier alpha value is -3.03. The van der Waals surface area contributed by atoms with E-state index in [-0.39, 0.29) is 23.0 Å². The molecule has 4 rings (SSSR count). The zero-order chi connectivity index (χ0) is 21.1. The van der Waals surface area contributed by atoms with Gasteiger partial charge < -0.3 is 5.32 Å². The van der Waals surface area contributed by atoms with Crippen molar-refractivity contribution < 1.29 is 13.2 Å². The number of sulfone groups is 1. The van der Waals surface area contributed by atoms with E-state index >= 15 is 0 Å². The van der Waals surface area contributed by atoms with Gasteiger partial charge in [-0.05, 0) is 42.0 Å². The maximum absolute atomic E-state index is 12.6. The highest BCUT2D eigenvalue weighted by Crippen LogP contribution is 2.34. The van der Waals surface area contributed by atoms with Crippen LogP contribution < -0.4 is 5.32 Å². The molecule has 0 aliphatic heterocycles. The summed E-state index contributed by atoms with van der Waals surface area (Å²) >= 11 is 1.58. The second kappa shape index (κ2) is 8.38. The maximum atomic E-state index is 12.6. The third kappa shape index (κ3) is 4.27. The van der Waals surface area contributed by atoms with Gasteiger partial charge >= 0.3 is 0 Å². The molecule has 0 aliphatic rings. The van der Waals surface area contributed by atoms with Crippen molar-refractivity contribution in [3.05, 3.63) is 78.4 Å². The van der Waals surface area contributed by atoms with Gasteiger partial charge in [-0.15, -0.1) is 11.3 Å². The summed E-state index contributed by atoms with van der Waals surface area (Å²) in [5.41, 5.74) is 3.25. The highest BCUT2D eigenvalue weighted by Gasteiger charge is 2.14. The number of para-hydroxylation sites is 2. The number of aromatic nitrogens is 1. The van der Waals surface area contributed by atoms with Crippen LogP contribution >= 0.6 is 11.3 Å². The summed E-state index contributed by atoms with van der Waals surface area (Å²) < 4.78 is 24.9. The Bertz CT molecular complexity index is 1280. The van der Waals surface area contributed by atoms with Crippen molar-refractivity contribution in [1.29, 1.82) is 0 Å². The van der Waals surface area contributed by atoms with E-state index in [0.717, 1.165) is 26.4 Å². The Balaban J connectivity index is 1.53. The largest absolute Gasteiger partial charge is 0.325 e. The molecule has 1 amide bonds. The minimum Gasteiger partial charge on any atom is -0.325 e.